The highest BCUT2D eigenvalue weighted by molar-refractivity contribution is 6.31. The van der Waals surface area contributed by atoms with Crippen LogP contribution in [0, 0.1) is 0 Å². The Labute approximate surface area is 211 Å². The van der Waals surface area contributed by atoms with Crippen LogP contribution in [0.25, 0.3) is 11.1 Å². The van der Waals surface area contributed by atoms with Gasteiger partial charge in [-0.05, 0) is 49.4 Å². The molecule has 3 aromatic carbocycles. The van der Waals surface area contributed by atoms with E-state index >= 15 is 0 Å². The summed E-state index contributed by atoms with van der Waals surface area (Å²) in [6.45, 7) is 1.78. The fourth-order valence-corrected chi connectivity index (χ4v) is 4.14. The fourth-order valence-electron chi connectivity index (χ4n) is 3.90. The van der Waals surface area contributed by atoms with Gasteiger partial charge < -0.3 is 20.8 Å². The predicted octanol–water partition coefficient (Wildman–Crippen LogP) is 4.61. The van der Waals surface area contributed by atoms with Crippen molar-refractivity contribution in [1.82, 2.24) is 10.3 Å². The summed E-state index contributed by atoms with van der Waals surface area (Å²) in [5.41, 5.74) is 9.09. The average Bonchev–Trinajstić information content (AvgIpc) is 3.26. The molecule has 1 aromatic heterocycles. The number of para-hydroxylation sites is 2. The van der Waals surface area contributed by atoms with Gasteiger partial charge in [-0.3, -0.25) is 14.9 Å². The van der Waals surface area contributed by atoms with Gasteiger partial charge in [0, 0.05) is 27.5 Å². The number of fused-ring (bicyclic) bond motifs is 1. The third-order valence-electron chi connectivity index (χ3n) is 5.63. The van der Waals surface area contributed by atoms with Crippen LogP contribution < -0.4 is 21.7 Å². The van der Waals surface area contributed by atoms with Crippen LogP contribution in [0.2, 0.25) is 5.02 Å². The molecule has 0 fully saturated rings. The molecule has 36 heavy (non-hydrogen) atoms. The van der Waals surface area contributed by atoms with Crippen LogP contribution in [-0.2, 0) is 4.79 Å². The molecule has 5 N–H and O–H groups in total. The summed E-state index contributed by atoms with van der Waals surface area (Å²) in [5, 5.41) is 9.50. The Hall–Kier alpha value is -4.63. The lowest BCUT2D eigenvalue weighted by atomic mass is 9.95. The number of nitrogens with zero attached hydrogens (tertiary/aromatic N) is 2. The van der Waals surface area contributed by atoms with Gasteiger partial charge in [0.15, 0.2) is 5.58 Å². The smallest absolute Gasteiger partial charge is 0.302 e. The van der Waals surface area contributed by atoms with Gasteiger partial charge in [0.25, 0.3) is 5.91 Å². The molecule has 0 radical (unpaired) electrons. The number of carbonyl (C=O) groups is 2. The largest absolute Gasteiger partial charge is 0.423 e. The number of oxazole rings is 1. The van der Waals surface area contributed by atoms with Gasteiger partial charge in [0.05, 0.1) is 5.57 Å². The number of anilines is 2. The highest BCUT2D eigenvalue weighted by atomic mass is 35.5. The number of benzene rings is 3. The second kappa shape index (κ2) is 9.55. The molecule has 5 rings (SSSR count). The summed E-state index contributed by atoms with van der Waals surface area (Å²) >= 11 is 6.50. The fraction of sp³-hybridized carbons (Fsp3) is 0.0769. The quantitative estimate of drug-likeness (QED) is 0.316. The van der Waals surface area contributed by atoms with E-state index in [-0.39, 0.29) is 11.9 Å². The van der Waals surface area contributed by atoms with E-state index in [9.17, 15) is 9.59 Å². The monoisotopic (exact) mass is 500 g/mol. The Morgan fingerprint density at radius 2 is 1.75 bits per heavy atom. The van der Waals surface area contributed by atoms with E-state index in [1.54, 1.807) is 37.3 Å². The molecule has 180 valence electrons. The number of primary amides is 1. The van der Waals surface area contributed by atoms with Crippen LogP contribution in [-0.4, -0.2) is 22.8 Å². The van der Waals surface area contributed by atoms with Crippen LogP contribution in [0.3, 0.4) is 0 Å². The number of allylic oxidation sites excluding steroid dienone is 1. The summed E-state index contributed by atoms with van der Waals surface area (Å²) in [6.07, 6.45) is 0. The summed E-state index contributed by atoms with van der Waals surface area (Å²) in [7, 11) is 0. The number of guanidine groups is 1. The molecular weight excluding hydrogens is 480 g/mol. The number of nitrogens with one attached hydrogen (secondary N) is 3. The zero-order valence-electron chi connectivity index (χ0n) is 19.1. The van der Waals surface area contributed by atoms with E-state index in [4.69, 9.17) is 26.7 Å². The van der Waals surface area contributed by atoms with Crippen LogP contribution >= 0.6 is 11.6 Å². The van der Waals surface area contributed by atoms with Gasteiger partial charge in [0.1, 0.15) is 11.6 Å². The molecular formula is C26H21ClN6O3. The number of nitrogens with two attached hydrogens (primary N) is 1. The molecule has 4 aromatic rings. The Bertz CT molecular complexity index is 1510. The van der Waals surface area contributed by atoms with Gasteiger partial charge in [-0.25, -0.2) is 4.99 Å². The highest BCUT2D eigenvalue weighted by Gasteiger charge is 2.31. The lowest BCUT2D eigenvalue weighted by Gasteiger charge is -2.27. The molecule has 0 aliphatic carbocycles. The number of aromatic nitrogens is 1. The zero-order chi connectivity index (χ0) is 25.2. The topological polar surface area (TPSA) is 135 Å². The standard InChI is InChI=1S/C26H21ClN6O3/c1-14-21(24(35)30-16-12-10-15(11-13-16)23(28)34)22(17-6-2-3-7-18(17)27)32-25(29-14)33-26-31-19-8-4-5-9-20(19)36-26/h2-13,22H,1H3,(H2,28,34)(H,30,35)(H2,29,31,32,33). The number of carbonyl (C=O) groups excluding carboxylic acids is 2. The number of halogens is 1. The Morgan fingerprint density at radius 1 is 1.03 bits per heavy atom. The summed E-state index contributed by atoms with van der Waals surface area (Å²) in [6, 6.07) is 20.5. The van der Waals surface area contributed by atoms with Crippen molar-refractivity contribution >= 4 is 52.2 Å². The summed E-state index contributed by atoms with van der Waals surface area (Å²) in [4.78, 5) is 33.9. The number of amides is 2. The van der Waals surface area contributed by atoms with Gasteiger partial charge in [-0.1, -0.05) is 41.9 Å². The molecule has 2 amide bonds. The van der Waals surface area contributed by atoms with E-state index < -0.39 is 11.9 Å². The zero-order valence-corrected chi connectivity index (χ0v) is 19.8. The Kier molecular flexibility index (Phi) is 6.14. The van der Waals surface area contributed by atoms with Crippen molar-refractivity contribution in [2.75, 3.05) is 10.6 Å². The van der Waals surface area contributed by atoms with E-state index in [1.165, 1.54) is 0 Å². The van der Waals surface area contributed by atoms with Crippen molar-refractivity contribution in [3.8, 4) is 0 Å². The third-order valence-corrected chi connectivity index (χ3v) is 5.98. The van der Waals surface area contributed by atoms with E-state index in [2.05, 4.69) is 20.9 Å². The summed E-state index contributed by atoms with van der Waals surface area (Å²) in [5.74, 6) is -0.567. The first-order valence-corrected chi connectivity index (χ1v) is 11.4. The molecule has 1 atom stereocenters. The maximum Gasteiger partial charge on any atom is 0.302 e. The average molecular weight is 501 g/mol. The van der Waals surface area contributed by atoms with Crippen molar-refractivity contribution < 1.29 is 14.0 Å². The molecule has 2 heterocycles. The van der Waals surface area contributed by atoms with Crippen LogP contribution in [0.4, 0.5) is 11.7 Å². The second-order valence-corrected chi connectivity index (χ2v) is 8.48. The molecule has 0 spiro atoms. The lowest BCUT2D eigenvalue weighted by Crippen LogP contribution is -2.37. The minimum Gasteiger partial charge on any atom is -0.423 e. The van der Waals surface area contributed by atoms with Crippen molar-refractivity contribution in [3.05, 3.63) is 100 Å². The second-order valence-electron chi connectivity index (χ2n) is 8.07. The number of rotatable bonds is 5. The molecule has 0 saturated carbocycles. The van der Waals surface area contributed by atoms with Gasteiger partial charge in [-0.2, -0.15) is 4.98 Å². The van der Waals surface area contributed by atoms with Crippen molar-refractivity contribution in [1.29, 1.82) is 0 Å². The highest BCUT2D eigenvalue weighted by Crippen LogP contribution is 2.35. The molecule has 1 aliphatic heterocycles. The SMILES string of the molecule is CC1=C(C(=O)Nc2ccc(C(N)=O)cc2)C(c2ccccc2Cl)N=C(Nc2nc3ccccc3o2)N1. The van der Waals surface area contributed by atoms with Gasteiger partial charge >= 0.3 is 6.01 Å². The van der Waals surface area contributed by atoms with Crippen LogP contribution in [0.1, 0.15) is 28.9 Å². The van der Waals surface area contributed by atoms with Crippen molar-refractivity contribution in [2.24, 2.45) is 10.7 Å². The minimum atomic E-state index is -0.711. The summed E-state index contributed by atoms with van der Waals surface area (Å²) < 4.78 is 5.75. The Morgan fingerprint density at radius 3 is 2.47 bits per heavy atom. The first-order valence-electron chi connectivity index (χ1n) is 11.0. The van der Waals surface area contributed by atoms with Crippen LogP contribution in [0.5, 0.6) is 0 Å². The molecule has 0 bridgehead atoms. The maximum absolute atomic E-state index is 13.4. The normalized spacial score (nSPS) is 15.3. The van der Waals surface area contributed by atoms with Crippen molar-refractivity contribution in [2.45, 2.75) is 13.0 Å². The van der Waals surface area contributed by atoms with E-state index in [1.807, 2.05) is 42.5 Å². The number of hydrogen-bond donors (Lipinski definition) is 4. The minimum absolute atomic E-state index is 0.260. The maximum atomic E-state index is 13.4. The molecule has 0 saturated heterocycles. The molecule has 1 unspecified atom stereocenters. The van der Waals surface area contributed by atoms with Gasteiger partial charge in [-0.15, -0.1) is 0 Å². The molecule has 9 nitrogen and oxygen atoms in total. The number of aliphatic imine (C=N–C) groups is 1. The van der Waals surface area contributed by atoms with E-state index in [0.29, 0.717) is 50.2 Å². The third kappa shape index (κ3) is 4.64. The number of hydrogen-bond acceptors (Lipinski definition) is 7. The lowest BCUT2D eigenvalue weighted by molar-refractivity contribution is -0.113. The molecule has 1 aliphatic rings. The van der Waals surface area contributed by atoms with Gasteiger partial charge in [0.2, 0.25) is 11.9 Å². The van der Waals surface area contributed by atoms with Crippen molar-refractivity contribution in [3.63, 3.8) is 0 Å². The van der Waals surface area contributed by atoms with Crippen LogP contribution in [0.15, 0.2) is 93.5 Å². The molecule has 10 heteroatoms. The Balaban J connectivity index is 1.46. The first kappa shape index (κ1) is 23.1. The van der Waals surface area contributed by atoms with E-state index in [0.717, 1.165) is 0 Å². The first-order chi connectivity index (χ1) is 17.4. The predicted molar refractivity (Wildman–Crippen MR) is 139 cm³/mol.